The molecule has 1 fully saturated rings. The first-order valence-corrected chi connectivity index (χ1v) is 9.30. The van der Waals surface area contributed by atoms with Crippen molar-refractivity contribution in [2.75, 3.05) is 18.4 Å². The lowest BCUT2D eigenvalue weighted by Crippen LogP contribution is -2.31. The lowest BCUT2D eigenvalue weighted by molar-refractivity contribution is -0.119. The SMILES string of the molecule is O=CN1CCC(c2cnn(Cc3ccc4c5c(cccc35)C(=O)N4)c2)CC1. The van der Waals surface area contributed by atoms with Gasteiger partial charge in [0, 0.05) is 35.9 Å². The third kappa shape index (κ3) is 2.68. The van der Waals surface area contributed by atoms with Crippen molar-refractivity contribution in [2.45, 2.75) is 25.3 Å². The van der Waals surface area contributed by atoms with Crippen molar-refractivity contribution in [1.82, 2.24) is 14.7 Å². The van der Waals surface area contributed by atoms with Gasteiger partial charge in [-0.05, 0) is 47.4 Å². The molecule has 0 spiro atoms. The number of amides is 2. The van der Waals surface area contributed by atoms with E-state index >= 15 is 0 Å². The van der Waals surface area contributed by atoms with Crippen molar-refractivity contribution in [3.05, 3.63) is 59.4 Å². The summed E-state index contributed by atoms with van der Waals surface area (Å²) in [4.78, 5) is 24.8. The Morgan fingerprint density at radius 1 is 1.19 bits per heavy atom. The van der Waals surface area contributed by atoms with Gasteiger partial charge in [0.05, 0.1) is 12.7 Å². The van der Waals surface area contributed by atoms with Crippen LogP contribution in [0.5, 0.6) is 0 Å². The van der Waals surface area contributed by atoms with Crippen molar-refractivity contribution < 1.29 is 9.59 Å². The van der Waals surface area contributed by atoms with Gasteiger partial charge in [0.2, 0.25) is 6.41 Å². The first-order valence-electron chi connectivity index (χ1n) is 9.30. The molecule has 0 atom stereocenters. The van der Waals surface area contributed by atoms with Crippen LogP contribution in [0.4, 0.5) is 5.69 Å². The molecule has 136 valence electrons. The molecule has 5 rings (SSSR count). The maximum Gasteiger partial charge on any atom is 0.256 e. The highest BCUT2D eigenvalue weighted by molar-refractivity contribution is 6.24. The zero-order chi connectivity index (χ0) is 18.4. The number of anilines is 1. The molecule has 1 N–H and O–H groups in total. The summed E-state index contributed by atoms with van der Waals surface area (Å²) in [6.07, 6.45) is 6.98. The molecule has 2 aliphatic heterocycles. The van der Waals surface area contributed by atoms with Crippen LogP contribution < -0.4 is 5.32 Å². The lowest BCUT2D eigenvalue weighted by Gasteiger charge is -2.28. The van der Waals surface area contributed by atoms with Gasteiger partial charge in [-0.1, -0.05) is 18.2 Å². The second kappa shape index (κ2) is 6.23. The molecule has 2 amide bonds. The normalized spacial score (nSPS) is 16.7. The molecular formula is C21H20N4O2. The van der Waals surface area contributed by atoms with Crippen molar-refractivity contribution in [2.24, 2.45) is 0 Å². The summed E-state index contributed by atoms with van der Waals surface area (Å²) < 4.78 is 1.97. The quantitative estimate of drug-likeness (QED) is 0.728. The number of likely N-dealkylation sites (tertiary alicyclic amines) is 1. The standard InChI is InChI=1S/C21H20N4O2/c26-13-24-8-6-14(7-9-24)16-10-22-25(12-16)11-15-4-5-19-20-17(15)2-1-3-18(20)21(27)23-19/h1-5,10,12-14H,6-9,11H2,(H,23,27). The summed E-state index contributed by atoms with van der Waals surface area (Å²) in [6, 6.07) is 9.92. The van der Waals surface area contributed by atoms with Crippen LogP contribution in [0, 0.1) is 0 Å². The van der Waals surface area contributed by atoms with E-state index in [0.29, 0.717) is 12.5 Å². The zero-order valence-electron chi connectivity index (χ0n) is 14.9. The summed E-state index contributed by atoms with van der Waals surface area (Å²) in [5, 5.41) is 9.59. The van der Waals surface area contributed by atoms with Gasteiger partial charge in [-0.3, -0.25) is 14.3 Å². The number of nitrogens with zero attached hydrogens (tertiary/aromatic N) is 3. The van der Waals surface area contributed by atoms with Gasteiger partial charge in [0.15, 0.2) is 0 Å². The fourth-order valence-electron chi connectivity index (χ4n) is 4.28. The molecular weight excluding hydrogens is 340 g/mol. The Kier molecular flexibility index (Phi) is 3.70. The molecule has 0 unspecified atom stereocenters. The van der Waals surface area contributed by atoms with Gasteiger partial charge in [-0.25, -0.2) is 0 Å². The Bertz CT molecular complexity index is 1050. The molecule has 6 heteroatoms. The van der Waals surface area contributed by atoms with Crippen LogP contribution in [0.25, 0.3) is 10.8 Å². The first-order chi connectivity index (χ1) is 13.2. The number of hydrogen-bond donors (Lipinski definition) is 1. The highest BCUT2D eigenvalue weighted by Crippen LogP contribution is 2.35. The number of carbonyl (C=O) groups excluding carboxylic acids is 2. The van der Waals surface area contributed by atoms with Crippen LogP contribution in [0.3, 0.4) is 0 Å². The molecule has 2 aliphatic rings. The maximum atomic E-state index is 12.1. The molecule has 3 aromatic rings. The predicted molar refractivity (Wildman–Crippen MR) is 103 cm³/mol. The minimum Gasteiger partial charge on any atom is -0.345 e. The number of hydrogen-bond acceptors (Lipinski definition) is 3. The van der Waals surface area contributed by atoms with Gasteiger partial charge in [-0.15, -0.1) is 0 Å². The molecule has 0 aliphatic carbocycles. The van der Waals surface area contributed by atoms with E-state index < -0.39 is 0 Å². The van der Waals surface area contributed by atoms with Gasteiger partial charge >= 0.3 is 0 Å². The van der Waals surface area contributed by atoms with Gasteiger partial charge in [0.25, 0.3) is 5.91 Å². The Labute approximate surface area is 156 Å². The summed E-state index contributed by atoms with van der Waals surface area (Å²) in [7, 11) is 0. The van der Waals surface area contributed by atoms with E-state index in [2.05, 4.69) is 28.7 Å². The molecule has 6 nitrogen and oxygen atoms in total. The second-order valence-corrected chi connectivity index (χ2v) is 7.34. The van der Waals surface area contributed by atoms with E-state index in [1.54, 1.807) is 0 Å². The van der Waals surface area contributed by atoms with Crippen LogP contribution in [0.1, 0.15) is 40.2 Å². The molecule has 0 saturated carbocycles. The Balaban J connectivity index is 1.41. The summed E-state index contributed by atoms with van der Waals surface area (Å²) in [5.41, 5.74) is 4.02. The Morgan fingerprint density at radius 3 is 2.85 bits per heavy atom. The molecule has 1 saturated heterocycles. The van der Waals surface area contributed by atoms with E-state index in [0.717, 1.165) is 59.9 Å². The number of benzene rings is 2. The summed E-state index contributed by atoms with van der Waals surface area (Å²) >= 11 is 0. The zero-order valence-corrected chi connectivity index (χ0v) is 14.9. The van der Waals surface area contributed by atoms with E-state index in [1.165, 1.54) is 5.56 Å². The summed E-state index contributed by atoms with van der Waals surface area (Å²) in [6.45, 7) is 2.30. The van der Waals surface area contributed by atoms with Crippen molar-refractivity contribution in [3.63, 3.8) is 0 Å². The number of rotatable bonds is 4. The van der Waals surface area contributed by atoms with E-state index in [1.807, 2.05) is 34.0 Å². The van der Waals surface area contributed by atoms with Crippen LogP contribution in [0.15, 0.2) is 42.7 Å². The minimum absolute atomic E-state index is 0.0317. The highest BCUT2D eigenvalue weighted by atomic mass is 16.2. The minimum atomic E-state index is -0.0317. The van der Waals surface area contributed by atoms with Crippen LogP contribution in [-0.2, 0) is 11.3 Å². The van der Waals surface area contributed by atoms with E-state index in [4.69, 9.17) is 0 Å². The van der Waals surface area contributed by atoms with Gasteiger partial charge in [-0.2, -0.15) is 5.10 Å². The average molecular weight is 360 g/mol. The van der Waals surface area contributed by atoms with Crippen molar-refractivity contribution in [3.8, 4) is 0 Å². The second-order valence-electron chi connectivity index (χ2n) is 7.34. The Hall–Kier alpha value is -3.15. The average Bonchev–Trinajstić information content (AvgIpc) is 3.30. The number of carbonyl (C=O) groups is 2. The van der Waals surface area contributed by atoms with Gasteiger partial charge < -0.3 is 10.2 Å². The number of piperidine rings is 1. The predicted octanol–water partition coefficient (Wildman–Crippen LogP) is 2.99. The smallest absolute Gasteiger partial charge is 0.256 e. The van der Waals surface area contributed by atoms with Crippen molar-refractivity contribution in [1.29, 1.82) is 0 Å². The van der Waals surface area contributed by atoms with Crippen molar-refractivity contribution >= 4 is 28.8 Å². The van der Waals surface area contributed by atoms with Crippen LogP contribution >= 0.6 is 0 Å². The van der Waals surface area contributed by atoms with Crippen LogP contribution in [-0.4, -0.2) is 40.1 Å². The summed E-state index contributed by atoms with van der Waals surface area (Å²) in [5.74, 6) is 0.431. The third-order valence-electron chi connectivity index (χ3n) is 5.76. The van der Waals surface area contributed by atoms with E-state index in [9.17, 15) is 9.59 Å². The highest BCUT2D eigenvalue weighted by Gasteiger charge is 2.23. The largest absolute Gasteiger partial charge is 0.345 e. The molecule has 2 aromatic carbocycles. The Morgan fingerprint density at radius 2 is 2.04 bits per heavy atom. The molecule has 27 heavy (non-hydrogen) atoms. The first kappa shape index (κ1) is 16.1. The van der Waals surface area contributed by atoms with Crippen LogP contribution in [0.2, 0.25) is 0 Å². The topological polar surface area (TPSA) is 67.2 Å². The lowest BCUT2D eigenvalue weighted by atomic mass is 9.92. The number of nitrogens with one attached hydrogen (secondary N) is 1. The van der Waals surface area contributed by atoms with E-state index in [-0.39, 0.29) is 5.91 Å². The third-order valence-corrected chi connectivity index (χ3v) is 5.76. The molecule has 3 heterocycles. The maximum absolute atomic E-state index is 12.1. The molecule has 0 bridgehead atoms. The monoisotopic (exact) mass is 360 g/mol. The molecule has 0 radical (unpaired) electrons. The fourth-order valence-corrected chi connectivity index (χ4v) is 4.28. The number of aromatic nitrogens is 2. The molecule has 1 aromatic heterocycles. The fraction of sp³-hybridized carbons (Fsp3) is 0.286. The van der Waals surface area contributed by atoms with Gasteiger partial charge in [0.1, 0.15) is 0 Å².